The predicted octanol–water partition coefficient (Wildman–Crippen LogP) is -0.878. The van der Waals surface area contributed by atoms with Crippen LogP contribution in [-0.2, 0) is 25.7 Å². The van der Waals surface area contributed by atoms with Gasteiger partial charge in [-0.2, -0.15) is 14.3 Å². The van der Waals surface area contributed by atoms with E-state index >= 15 is 0 Å². The molecule has 3 aromatic rings. The van der Waals surface area contributed by atoms with Crippen molar-refractivity contribution in [2.24, 2.45) is 0 Å². The van der Waals surface area contributed by atoms with Gasteiger partial charge in [0.25, 0.3) is 11.8 Å². The minimum absolute atomic E-state index is 0.133. The average molecular weight is 588 g/mol. The van der Waals surface area contributed by atoms with E-state index in [0.717, 1.165) is 25.9 Å². The molecule has 0 radical (unpaired) electrons. The van der Waals surface area contributed by atoms with Gasteiger partial charge in [0, 0.05) is 17.2 Å². The Bertz CT molecular complexity index is 1630. The molecule has 17 heteroatoms. The Hall–Kier alpha value is -4.35. The summed E-state index contributed by atoms with van der Waals surface area (Å²) in [7, 11) is 0. The predicted molar refractivity (Wildman–Crippen MR) is 141 cm³/mol. The highest BCUT2D eigenvalue weighted by atomic mass is 32.2. The van der Waals surface area contributed by atoms with Crippen molar-refractivity contribution in [3.05, 3.63) is 63.7 Å². The normalized spacial score (nSPS) is 19.2. The van der Waals surface area contributed by atoms with Crippen molar-refractivity contribution in [1.29, 1.82) is 0 Å². The number of carboxylic acids is 2. The monoisotopic (exact) mass is 587 g/mol. The summed E-state index contributed by atoms with van der Waals surface area (Å²) in [5.41, 5.74) is 6.03. The lowest BCUT2D eigenvalue weighted by molar-refractivity contribution is -0.151. The van der Waals surface area contributed by atoms with Gasteiger partial charge in [-0.1, -0.05) is 12.1 Å². The lowest BCUT2D eigenvalue weighted by Crippen LogP contribution is -2.70. The topological polar surface area (TPSA) is 222 Å². The number of rotatable bonds is 9. The standard InChI is InChI=1S/C23H21N7O8S2/c24-12-3-1-10(2-4-12)18(33)19(34)25-16-20(35)29-17(22(36)37)11(9-40-21(16)29)8-39-14-6-5-13-26-28(7-15(31)32)23(38)30(13)27-14/h1-6,16,18,21,33H,7-9,24H2,(H,25,34)(H,31,32)(H,36,37)/t16?,18?,21-/m0/s1. The molecule has 6 N–H and O–H groups in total. The third-order valence-corrected chi connectivity index (χ3v) is 8.49. The second kappa shape index (κ2) is 10.7. The summed E-state index contributed by atoms with van der Waals surface area (Å²) in [5.74, 6) is -3.58. The van der Waals surface area contributed by atoms with Crippen LogP contribution in [-0.4, -0.2) is 86.3 Å². The van der Waals surface area contributed by atoms with Crippen molar-refractivity contribution in [2.75, 3.05) is 17.2 Å². The van der Waals surface area contributed by atoms with Crippen LogP contribution in [0.4, 0.5) is 5.69 Å². The number of carboxylic acid groups (broad SMARTS) is 2. The summed E-state index contributed by atoms with van der Waals surface area (Å²) >= 11 is 2.40. The second-order valence-corrected chi connectivity index (χ2v) is 10.9. The van der Waals surface area contributed by atoms with E-state index in [4.69, 9.17) is 10.8 Å². The molecule has 40 heavy (non-hydrogen) atoms. The minimum Gasteiger partial charge on any atom is -0.480 e. The van der Waals surface area contributed by atoms with Gasteiger partial charge in [0.15, 0.2) is 11.8 Å². The number of fused-ring (bicyclic) bond motifs is 2. The number of carbonyl (C=O) groups excluding carboxylic acids is 2. The number of aliphatic hydroxyl groups is 1. The number of anilines is 1. The highest BCUT2D eigenvalue weighted by Crippen LogP contribution is 2.41. The van der Waals surface area contributed by atoms with E-state index in [1.807, 2.05) is 0 Å². The number of amides is 2. The molecule has 5 rings (SSSR count). The number of nitrogen functional groups attached to an aromatic ring is 1. The summed E-state index contributed by atoms with van der Waals surface area (Å²) in [5, 5.41) is 39.4. The average Bonchev–Trinajstić information content (AvgIpc) is 3.23. The van der Waals surface area contributed by atoms with Gasteiger partial charge in [-0.3, -0.25) is 19.3 Å². The van der Waals surface area contributed by atoms with Gasteiger partial charge in [0.1, 0.15) is 28.7 Å². The number of β-lactam (4-membered cyclic amide) rings is 1. The quantitative estimate of drug-likeness (QED) is 0.117. The maximum atomic E-state index is 12.9. The molecule has 208 valence electrons. The number of aromatic nitrogens is 4. The first-order chi connectivity index (χ1) is 19.0. The van der Waals surface area contributed by atoms with E-state index in [-0.39, 0.29) is 22.8 Å². The Morgan fingerprint density at radius 1 is 1.12 bits per heavy atom. The zero-order valence-corrected chi connectivity index (χ0v) is 22.0. The first kappa shape index (κ1) is 27.2. The zero-order chi connectivity index (χ0) is 28.7. The number of hydrogen-bond acceptors (Lipinski definition) is 11. The van der Waals surface area contributed by atoms with Crippen molar-refractivity contribution in [1.82, 2.24) is 29.6 Å². The molecule has 0 saturated carbocycles. The first-order valence-corrected chi connectivity index (χ1v) is 13.6. The van der Waals surface area contributed by atoms with E-state index in [2.05, 4.69) is 15.5 Å². The molecule has 0 spiro atoms. The van der Waals surface area contributed by atoms with Gasteiger partial charge in [0.2, 0.25) is 0 Å². The van der Waals surface area contributed by atoms with Crippen molar-refractivity contribution in [3.63, 3.8) is 0 Å². The molecule has 1 aromatic carbocycles. The molecular weight excluding hydrogens is 566 g/mol. The molecular formula is C23H21N7O8S2. The largest absolute Gasteiger partial charge is 0.480 e. The summed E-state index contributed by atoms with van der Waals surface area (Å²) in [6, 6.07) is 8.07. The number of thioether (sulfide) groups is 2. The third-order valence-electron chi connectivity index (χ3n) is 6.14. The number of carbonyl (C=O) groups is 4. The Morgan fingerprint density at radius 2 is 1.85 bits per heavy atom. The van der Waals surface area contributed by atoms with Crippen LogP contribution in [0.5, 0.6) is 0 Å². The highest BCUT2D eigenvalue weighted by Gasteiger charge is 2.54. The van der Waals surface area contributed by atoms with Crippen molar-refractivity contribution in [2.45, 2.75) is 29.1 Å². The number of aliphatic hydroxyl groups excluding tert-OH is 1. The molecule has 4 heterocycles. The number of benzene rings is 1. The summed E-state index contributed by atoms with van der Waals surface area (Å²) in [6.07, 6.45) is -1.54. The van der Waals surface area contributed by atoms with Gasteiger partial charge in [-0.05, 0) is 35.4 Å². The van der Waals surface area contributed by atoms with Gasteiger partial charge >= 0.3 is 17.6 Å². The van der Waals surface area contributed by atoms with Crippen molar-refractivity contribution in [3.8, 4) is 0 Å². The van der Waals surface area contributed by atoms with Crippen LogP contribution in [0, 0.1) is 0 Å². The number of hydrogen-bond donors (Lipinski definition) is 5. The molecule has 2 aliphatic rings. The zero-order valence-electron chi connectivity index (χ0n) is 20.3. The maximum Gasteiger partial charge on any atom is 0.367 e. The van der Waals surface area contributed by atoms with E-state index < -0.39 is 53.5 Å². The second-order valence-electron chi connectivity index (χ2n) is 8.79. The molecule has 2 aliphatic heterocycles. The molecule has 3 atom stereocenters. The van der Waals surface area contributed by atoms with Crippen LogP contribution < -0.4 is 16.7 Å². The van der Waals surface area contributed by atoms with Gasteiger partial charge in [0.05, 0.1) is 0 Å². The number of nitrogens with two attached hydrogens (primary N) is 1. The Kier molecular flexibility index (Phi) is 7.26. The third kappa shape index (κ3) is 5.01. The lowest BCUT2D eigenvalue weighted by atomic mass is 10.0. The van der Waals surface area contributed by atoms with Crippen LogP contribution >= 0.6 is 23.5 Å². The Labute approximate surface area is 232 Å². The maximum absolute atomic E-state index is 12.9. The number of aliphatic carboxylic acids is 2. The molecule has 0 aliphatic carbocycles. The van der Waals surface area contributed by atoms with Crippen molar-refractivity contribution < 1.29 is 34.5 Å². The smallest absolute Gasteiger partial charge is 0.367 e. The molecule has 2 unspecified atom stereocenters. The molecule has 2 aromatic heterocycles. The van der Waals surface area contributed by atoms with Gasteiger partial charge in [-0.25, -0.2) is 9.59 Å². The van der Waals surface area contributed by atoms with Crippen LogP contribution in [0.25, 0.3) is 5.65 Å². The van der Waals surface area contributed by atoms with Crippen LogP contribution in [0.1, 0.15) is 11.7 Å². The molecule has 1 fully saturated rings. The first-order valence-electron chi connectivity index (χ1n) is 11.6. The Balaban J connectivity index is 1.29. The summed E-state index contributed by atoms with van der Waals surface area (Å²) in [6.45, 7) is -0.621. The lowest BCUT2D eigenvalue weighted by Gasteiger charge is -2.49. The highest BCUT2D eigenvalue weighted by molar-refractivity contribution is 8.01. The van der Waals surface area contributed by atoms with E-state index in [9.17, 15) is 34.2 Å². The fourth-order valence-electron chi connectivity index (χ4n) is 4.22. The number of nitrogens with zero attached hydrogens (tertiary/aromatic N) is 5. The van der Waals surface area contributed by atoms with E-state index in [1.165, 1.54) is 42.1 Å². The summed E-state index contributed by atoms with van der Waals surface area (Å²) < 4.78 is 1.72. The molecule has 15 nitrogen and oxygen atoms in total. The van der Waals surface area contributed by atoms with Crippen LogP contribution in [0.3, 0.4) is 0 Å². The molecule has 1 saturated heterocycles. The number of nitrogens with one attached hydrogen (secondary N) is 1. The van der Waals surface area contributed by atoms with Crippen LogP contribution in [0.15, 0.2) is 57.5 Å². The van der Waals surface area contributed by atoms with Gasteiger partial charge in [-0.15, -0.1) is 28.6 Å². The fourth-order valence-corrected chi connectivity index (χ4v) is 6.56. The van der Waals surface area contributed by atoms with Crippen molar-refractivity contribution >= 4 is 58.6 Å². The molecule has 0 bridgehead atoms. The minimum atomic E-state index is -1.54. The van der Waals surface area contributed by atoms with Gasteiger partial charge < -0.3 is 26.4 Å². The van der Waals surface area contributed by atoms with E-state index in [0.29, 0.717) is 21.8 Å². The van der Waals surface area contributed by atoms with Crippen LogP contribution in [0.2, 0.25) is 0 Å². The fraction of sp³-hybridized carbons (Fsp3) is 0.261. The summed E-state index contributed by atoms with van der Waals surface area (Å²) in [4.78, 5) is 62.1. The molecule has 2 amide bonds. The SMILES string of the molecule is Nc1ccc(C(O)C(=O)NC2C(=O)N3C(C(=O)O)=C(CSc4ccc5nn(CC(=O)O)c(=O)n5n4)CS[C@@H]23)cc1. The Morgan fingerprint density at radius 3 is 2.52 bits per heavy atom. The van der Waals surface area contributed by atoms with E-state index in [1.54, 1.807) is 6.07 Å².